The van der Waals surface area contributed by atoms with E-state index in [2.05, 4.69) is 70.8 Å². The monoisotopic (exact) mass is 339 g/mol. The molecule has 20 heavy (non-hydrogen) atoms. The van der Waals surface area contributed by atoms with Crippen LogP contribution in [-0.2, 0) is 21.8 Å². The summed E-state index contributed by atoms with van der Waals surface area (Å²) < 4.78 is 5.85. The van der Waals surface area contributed by atoms with Crippen LogP contribution in [0.4, 0.5) is 0 Å². The molecule has 0 nitrogen and oxygen atoms in total. The Labute approximate surface area is 130 Å². The van der Waals surface area contributed by atoms with Crippen molar-refractivity contribution in [2.75, 3.05) is 0 Å². The predicted molar refractivity (Wildman–Crippen MR) is 84.6 cm³/mol. The second-order valence-electron chi connectivity index (χ2n) is 5.76. The van der Waals surface area contributed by atoms with Crippen LogP contribution < -0.4 is 0 Å². The number of benzene rings is 2. The third-order valence-electron chi connectivity index (χ3n) is 4.22. The Balaban J connectivity index is 2.17. The standard InChI is InChI=1S/C17H15.2CH3.Zr/c1-2-13-11-15-9-6-10-16(17(15)12-13)14-7-4-3-5-8-14;;;/h3-12H,2H2,1H3;2*1H3;. The third kappa shape index (κ3) is 2.37. The van der Waals surface area contributed by atoms with Crippen LogP contribution in [0.2, 0.25) is 9.26 Å². The fourth-order valence-corrected chi connectivity index (χ4v) is 8.00. The zero-order valence-electron chi connectivity index (χ0n) is 12.5. The molecule has 0 radical (unpaired) electrons. The van der Waals surface area contributed by atoms with Gasteiger partial charge in [-0.25, -0.2) is 0 Å². The van der Waals surface area contributed by atoms with Gasteiger partial charge in [-0.15, -0.1) is 0 Å². The summed E-state index contributed by atoms with van der Waals surface area (Å²) >= 11 is -1.29. The van der Waals surface area contributed by atoms with Gasteiger partial charge in [-0.2, -0.15) is 0 Å². The molecule has 0 saturated heterocycles. The van der Waals surface area contributed by atoms with Crippen LogP contribution in [0.3, 0.4) is 0 Å². The molecule has 1 aliphatic carbocycles. The van der Waals surface area contributed by atoms with Crippen molar-refractivity contribution in [3.05, 3.63) is 65.2 Å². The molecule has 2 aromatic rings. The molecule has 0 fully saturated rings. The first-order valence-electron chi connectivity index (χ1n) is 7.41. The third-order valence-corrected chi connectivity index (χ3v) is 8.74. The van der Waals surface area contributed by atoms with Gasteiger partial charge in [0.05, 0.1) is 0 Å². The Morgan fingerprint density at radius 3 is 2.35 bits per heavy atom. The van der Waals surface area contributed by atoms with Crippen molar-refractivity contribution in [3.8, 4) is 11.1 Å². The molecule has 0 saturated carbocycles. The predicted octanol–water partition coefficient (Wildman–Crippen LogP) is 5.92. The van der Waals surface area contributed by atoms with Crippen LogP contribution in [0.1, 0.15) is 28.1 Å². The Morgan fingerprint density at radius 2 is 1.70 bits per heavy atom. The summed E-state index contributed by atoms with van der Waals surface area (Å²) in [5.41, 5.74) is 7.50. The number of hydrogen-bond acceptors (Lipinski definition) is 0. The second kappa shape index (κ2) is 5.82. The van der Waals surface area contributed by atoms with Crippen molar-refractivity contribution in [3.63, 3.8) is 0 Å². The van der Waals surface area contributed by atoms with Crippen LogP contribution in [0, 0.1) is 0 Å². The van der Waals surface area contributed by atoms with E-state index in [0.717, 1.165) is 3.63 Å². The molecular formula is C19H21Zr. The van der Waals surface area contributed by atoms with Gasteiger partial charge in [0, 0.05) is 0 Å². The van der Waals surface area contributed by atoms with E-state index in [0.29, 0.717) is 0 Å². The topological polar surface area (TPSA) is 0 Å². The minimum absolute atomic E-state index is 0.793. The van der Waals surface area contributed by atoms with Gasteiger partial charge in [0.1, 0.15) is 0 Å². The quantitative estimate of drug-likeness (QED) is 0.651. The molecule has 0 bridgehead atoms. The molecular weight excluding hydrogens is 319 g/mol. The average Bonchev–Trinajstić information content (AvgIpc) is 2.86. The summed E-state index contributed by atoms with van der Waals surface area (Å²) in [7, 11) is 0. The normalized spacial score (nSPS) is 16.8. The van der Waals surface area contributed by atoms with Crippen LogP contribution in [0.25, 0.3) is 17.2 Å². The first-order valence-corrected chi connectivity index (χ1v) is 13.7. The SMILES string of the molecule is CCC1=Cc2c(-c3ccccc3)cccc2[CH]1[Zr]([CH3])[CH3]. The van der Waals surface area contributed by atoms with E-state index in [1.165, 1.54) is 23.1 Å². The molecule has 1 aliphatic rings. The number of fused-ring (bicyclic) bond motifs is 1. The van der Waals surface area contributed by atoms with Crippen LogP contribution in [0.15, 0.2) is 54.1 Å². The van der Waals surface area contributed by atoms with Gasteiger partial charge in [-0.1, -0.05) is 0 Å². The molecule has 2 aromatic carbocycles. The maximum atomic E-state index is 2.53. The second-order valence-corrected chi connectivity index (χ2v) is 12.5. The van der Waals surface area contributed by atoms with E-state index >= 15 is 0 Å². The van der Waals surface area contributed by atoms with Crippen LogP contribution in [-0.4, -0.2) is 0 Å². The maximum absolute atomic E-state index is 2.53. The number of rotatable bonds is 3. The minimum atomic E-state index is -1.29. The zero-order chi connectivity index (χ0) is 14.1. The summed E-state index contributed by atoms with van der Waals surface area (Å²) in [6, 6.07) is 17.7. The van der Waals surface area contributed by atoms with Gasteiger partial charge >= 0.3 is 130 Å². The molecule has 1 unspecified atom stereocenters. The summed E-state index contributed by atoms with van der Waals surface area (Å²) in [6.07, 6.45) is 3.68. The van der Waals surface area contributed by atoms with Crippen molar-refractivity contribution in [2.45, 2.75) is 26.2 Å². The number of hydrogen-bond donors (Lipinski definition) is 0. The summed E-state index contributed by atoms with van der Waals surface area (Å²) in [4.78, 5) is 0. The van der Waals surface area contributed by atoms with Gasteiger partial charge in [0.15, 0.2) is 0 Å². The molecule has 0 amide bonds. The van der Waals surface area contributed by atoms with E-state index in [-0.39, 0.29) is 0 Å². The zero-order valence-corrected chi connectivity index (χ0v) is 14.9. The van der Waals surface area contributed by atoms with Crippen molar-refractivity contribution in [2.24, 2.45) is 0 Å². The average molecular weight is 341 g/mol. The van der Waals surface area contributed by atoms with Gasteiger partial charge in [-0.05, 0) is 0 Å². The van der Waals surface area contributed by atoms with Crippen molar-refractivity contribution < 1.29 is 21.8 Å². The Hall–Kier alpha value is -0.937. The molecule has 0 aliphatic heterocycles. The van der Waals surface area contributed by atoms with Crippen molar-refractivity contribution in [1.29, 1.82) is 0 Å². The van der Waals surface area contributed by atoms with E-state index in [9.17, 15) is 0 Å². The Bertz CT molecular complexity index is 638. The molecule has 101 valence electrons. The van der Waals surface area contributed by atoms with Crippen LogP contribution >= 0.6 is 0 Å². The first kappa shape index (κ1) is 14.0. The number of allylic oxidation sites excluding steroid dienone is 1. The van der Waals surface area contributed by atoms with Gasteiger partial charge in [-0.3, -0.25) is 0 Å². The fraction of sp³-hybridized carbons (Fsp3) is 0.263. The molecule has 0 heterocycles. The molecule has 0 spiro atoms. The summed E-state index contributed by atoms with van der Waals surface area (Å²) in [5, 5.41) is 0. The van der Waals surface area contributed by atoms with Gasteiger partial charge in [0.25, 0.3) is 0 Å². The Morgan fingerprint density at radius 1 is 0.950 bits per heavy atom. The van der Waals surface area contributed by atoms with Crippen molar-refractivity contribution >= 4 is 6.08 Å². The van der Waals surface area contributed by atoms with E-state index in [4.69, 9.17) is 0 Å². The fourth-order valence-electron chi connectivity index (χ4n) is 3.32. The molecule has 1 atom stereocenters. The molecule has 3 rings (SSSR count). The molecule has 0 aromatic heterocycles. The van der Waals surface area contributed by atoms with Crippen molar-refractivity contribution in [1.82, 2.24) is 0 Å². The first-order chi connectivity index (χ1) is 9.72. The molecule has 1 heteroatoms. The van der Waals surface area contributed by atoms with Crippen LogP contribution in [0.5, 0.6) is 0 Å². The van der Waals surface area contributed by atoms with Gasteiger partial charge < -0.3 is 0 Å². The van der Waals surface area contributed by atoms with E-state index in [1.807, 2.05) is 0 Å². The summed E-state index contributed by atoms with van der Waals surface area (Å²) in [6.45, 7) is 2.30. The van der Waals surface area contributed by atoms with Gasteiger partial charge in [0.2, 0.25) is 0 Å². The summed E-state index contributed by atoms with van der Waals surface area (Å²) in [5.74, 6) is 0. The van der Waals surface area contributed by atoms with E-state index < -0.39 is 21.8 Å². The van der Waals surface area contributed by atoms with E-state index in [1.54, 1.807) is 11.1 Å². The molecule has 0 N–H and O–H groups in total. The Kier molecular flexibility index (Phi) is 4.08.